The van der Waals surface area contributed by atoms with Gasteiger partial charge in [-0.05, 0) is 161 Å². The van der Waals surface area contributed by atoms with E-state index in [1.54, 1.807) is 0 Å². The summed E-state index contributed by atoms with van der Waals surface area (Å²) in [6.45, 7) is 7.85. The monoisotopic (exact) mass is 918 g/mol. The van der Waals surface area contributed by atoms with Crippen LogP contribution in [0.25, 0.3) is 0 Å². The van der Waals surface area contributed by atoms with Gasteiger partial charge in [0, 0.05) is 6.42 Å². The zero-order valence-electron chi connectivity index (χ0n) is 45.3. The summed E-state index contributed by atoms with van der Waals surface area (Å²) < 4.78 is 6.52. The molecule has 0 bridgehead atoms. The summed E-state index contributed by atoms with van der Waals surface area (Å²) in [4.78, 5) is 15.6. The van der Waals surface area contributed by atoms with Crippen molar-refractivity contribution in [2.24, 2.45) is 5.92 Å². The minimum atomic E-state index is 0.0536. The molecule has 3 heteroatoms. The normalized spacial score (nSPS) is 13.0. The summed E-state index contributed by atoms with van der Waals surface area (Å²) in [5.74, 6) is 0.559. The van der Waals surface area contributed by atoms with Crippen LogP contribution in [0.2, 0.25) is 0 Å². The first-order valence-corrected chi connectivity index (χ1v) is 29.3. The zero-order valence-corrected chi connectivity index (χ0v) is 45.3. The van der Waals surface area contributed by atoms with Crippen LogP contribution in [0.1, 0.15) is 290 Å². The van der Waals surface area contributed by atoms with Crippen molar-refractivity contribution < 1.29 is 9.53 Å². The Morgan fingerprint density at radius 1 is 0.364 bits per heavy atom. The molecular weight excluding hydrogens is 803 g/mol. The van der Waals surface area contributed by atoms with E-state index in [0.717, 1.165) is 45.1 Å². The summed E-state index contributed by atoms with van der Waals surface area (Å²) >= 11 is 0. The van der Waals surface area contributed by atoms with Crippen LogP contribution in [0.5, 0.6) is 0 Å². The van der Waals surface area contributed by atoms with Crippen LogP contribution in [0.3, 0.4) is 0 Å². The quantitative estimate of drug-likeness (QED) is 0.0346. The Bertz CT molecular complexity index is 1100. The molecule has 0 amide bonds. The van der Waals surface area contributed by atoms with Gasteiger partial charge in [0.1, 0.15) is 6.10 Å². The molecule has 0 fully saturated rings. The summed E-state index contributed by atoms with van der Waals surface area (Å²) in [7, 11) is 4.24. The average Bonchev–Trinajstić information content (AvgIpc) is 3.31. The lowest BCUT2D eigenvalue weighted by molar-refractivity contribution is -0.153. The lowest BCUT2D eigenvalue weighted by Gasteiger charge is -2.28. The molecule has 0 spiro atoms. The van der Waals surface area contributed by atoms with Gasteiger partial charge >= 0.3 is 5.97 Å². The summed E-state index contributed by atoms with van der Waals surface area (Å²) in [5, 5.41) is 0. The summed E-state index contributed by atoms with van der Waals surface area (Å²) in [5.41, 5.74) is 0. The minimum Gasteiger partial charge on any atom is -0.462 e. The van der Waals surface area contributed by atoms with E-state index < -0.39 is 0 Å². The van der Waals surface area contributed by atoms with Gasteiger partial charge in [0.05, 0.1) is 0 Å². The molecule has 1 atom stereocenters. The number of carbonyl (C=O) groups excluding carboxylic acids is 1. The molecule has 0 aliphatic heterocycles. The minimum absolute atomic E-state index is 0.0536. The van der Waals surface area contributed by atoms with Gasteiger partial charge in [-0.1, -0.05) is 222 Å². The van der Waals surface area contributed by atoms with Gasteiger partial charge in [-0.2, -0.15) is 0 Å². The van der Waals surface area contributed by atoms with Crippen molar-refractivity contribution in [1.29, 1.82) is 0 Å². The first kappa shape index (κ1) is 63.9. The molecule has 0 aromatic carbocycles. The van der Waals surface area contributed by atoms with Crippen molar-refractivity contribution in [3.63, 3.8) is 0 Å². The van der Waals surface area contributed by atoms with E-state index >= 15 is 0 Å². The second-order valence-electron chi connectivity index (χ2n) is 20.2. The van der Waals surface area contributed by atoms with Crippen LogP contribution in [-0.4, -0.2) is 37.6 Å². The molecule has 384 valence electrons. The maximum absolute atomic E-state index is 13.4. The van der Waals surface area contributed by atoms with E-state index in [4.69, 9.17) is 4.74 Å². The van der Waals surface area contributed by atoms with Crippen molar-refractivity contribution >= 4 is 5.97 Å². The molecule has 3 nitrogen and oxygen atoms in total. The summed E-state index contributed by atoms with van der Waals surface area (Å²) in [6.07, 6.45) is 80.6. The molecule has 0 aliphatic rings. The lowest BCUT2D eigenvalue weighted by Crippen LogP contribution is -2.27. The number of ether oxygens (including phenoxy) is 1. The molecule has 0 aromatic heterocycles. The highest BCUT2D eigenvalue weighted by molar-refractivity contribution is 5.69. The van der Waals surface area contributed by atoms with Gasteiger partial charge in [0.15, 0.2) is 0 Å². The lowest BCUT2D eigenvalue weighted by atomic mass is 9.87. The number of rotatable bonds is 52. The fraction of sp³-hybridized carbons (Fsp3) is 0.794. The molecule has 0 N–H and O–H groups in total. The van der Waals surface area contributed by atoms with Crippen LogP contribution in [0.15, 0.2) is 72.9 Å². The van der Waals surface area contributed by atoms with Crippen molar-refractivity contribution in [2.75, 3.05) is 20.6 Å². The van der Waals surface area contributed by atoms with Crippen LogP contribution >= 0.6 is 0 Å². The Morgan fingerprint density at radius 2 is 0.667 bits per heavy atom. The smallest absolute Gasteiger partial charge is 0.306 e. The largest absolute Gasteiger partial charge is 0.462 e. The highest BCUT2D eigenvalue weighted by atomic mass is 16.5. The number of carbonyl (C=O) groups is 1. The molecule has 0 aromatic rings. The second-order valence-corrected chi connectivity index (χ2v) is 20.2. The SMILES string of the molecule is CCCCC/C=C\C/C=C\CCCCCCCCC(CCCCCCCC/C=C\C/C=C\CCCCC)C(CCCCCCCC/C=C\C/C=C\CCCCC)OC(=O)CCCCN(C)C. The molecule has 0 aliphatic carbocycles. The molecule has 0 saturated carbocycles. The van der Waals surface area contributed by atoms with Gasteiger partial charge in [-0.25, -0.2) is 0 Å². The first-order valence-electron chi connectivity index (χ1n) is 29.3. The molecule has 0 heterocycles. The molecular formula is C63H115NO2. The number of allylic oxidation sites excluding steroid dienone is 12. The number of hydrogen-bond donors (Lipinski definition) is 0. The van der Waals surface area contributed by atoms with Crippen molar-refractivity contribution in [1.82, 2.24) is 4.90 Å². The standard InChI is InChI=1S/C63H115NO2/c1-6-9-12-15-18-21-24-27-30-33-36-39-42-45-48-51-56-61(57-52-49-46-43-40-37-34-31-28-25-22-19-16-13-10-7-2)62(66-63(65)59-54-55-60-64(4)5)58-53-50-47-44-41-38-35-32-29-26-23-20-17-14-11-8-3/h18-23,27-32,61-62H,6-17,24-26,33-60H2,1-5H3/b21-18-,22-19-,23-20-,30-27-,31-28-,32-29-. The highest BCUT2D eigenvalue weighted by Gasteiger charge is 2.24. The molecule has 1 unspecified atom stereocenters. The van der Waals surface area contributed by atoms with Crippen molar-refractivity contribution in [3.05, 3.63) is 72.9 Å². The number of esters is 1. The van der Waals surface area contributed by atoms with E-state index in [2.05, 4.69) is 113 Å². The van der Waals surface area contributed by atoms with Gasteiger partial charge in [-0.15, -0.1) is 0 Å². The van der Waals surface area contributed by atoms with Gasteiger partial charge in [0.2, 0.25) is 0 Å². The Morgan fingerprint density at radius 3 is 1.00 bits per heavy atom. The second kappa shape index (κ2) is 55.5. The maximum atomic E-state index is 13.4. The predicted molar refractivity (Wildman–Crippen MR) is 298 cm³/mol. The molecule has 0 radical (unpaired) electrons. The van der Waals surface area contributed by atoms with Crippen molar-refractivity contribution in [3.8, 4) is 0 Å². The Kier molecular flexibility index (Phi) is 53.7. The van der Waals surface area contributed by atoms with E-state index in [9.17, 15) is 4.79 Å². The average molecular weight is 919 g/mol. The molecule has 0 saturated heterocycles. The number of hydrogen-bond acceptors (Lipinski definition) is 3. The Labute approximate surface area is 414 Å². The van der Waals surface area contributed by atoms with Gasteiger partial charge in [-0.3, -0.25) is 4.79 Å². The van der Waals surface area contributed by atoms with Crippen LogP contribution in [0.4, 0.5) is 0 Å². The Balaban J connectivity index is 5.03. The topological polar surface area (TPSA) is 29.5 Å². The number of unbranched alkanes of at least 4 members (excludes halogenated alkanes) is 28. The van der Waals surface area contributed by atoms with Crippen LogP contribution < -0.4 is 0 Å². The van der Waals surface area contributed by atoms with Gasteiger partial charge in [0.25, 0.3) is 0 Å². The first-order chi connectivity index (χ1) is 32.5. The number of nitrogens with zero attached hydrogens (tertiary/aromatic N) is 1. The Hall–Kier alpha value is -2.13. The third kappa shape index (κ3) is 51.3. The fourth-order valence-corrected chi connectivity index (χ4v) is 8.96. The van der Waals surface area contributed by atoms with Crippen molar-refractivity contribution in [2.45, 2.75) is 297 Å². The zero-order chi connectivity index (χ0) is 47.9. The third-order valence-corrected chi connectivity index (χ3v) is 13.3. The fourth-order valence-electron chi connectivity index (χ4n) is 8.96. The van der Waals surface area contributed by atoms with Crippen LogP contribution in [-0.2, 0) is 9.53 Å². The predicted octanol–water partition coefficient (Wildman–Crippen LogP) is 20.9. The molecule has 0 rings (SSSR count). The maximum Gasteiger partial charge on any atom is 0.306 e. The van der Waals surface area contributed by atoms with E-state index in [-0.39, 0.29) is 12.1 Å². The third-order valence-electron chi connectivity index (χ3n) is 13.3. The van der Waals surface area contributed by atoms with Gasteiger partial charge < -0.3 is 9.64 Å². The van der Waals surface area contributed by atoms with E-state index in [0.29, 0.717) is 12.3 Å². The van der Waals surface area contributed by atoms with E-state index in [1.807, 2.05) is 0 Å². The molecule has 66 heavy (non-hydrogen) atoms. The summed E-state index contributed by atoms with van der Waals surface area (Å²) in [6, 6.07) is 0. The van der Waals surface area contributed by atoms with Crippen LogP contribution in [0, 0.1) is 5.92 Å². The van der Waals surface area contributed by atoms with E-state index in [1.165, 1.54) is 225 Å². The highest BCUT2D eigenvalue weighted by Crippen LogP contribution is 2.28.